The Hall–Kier alpha value is -4.90. The Kier molecular flexibility index (Phi) is 7.52. The molecule has 0 saturated heterocycles. The molecule has 0 aliphatic carbocycles. The number of nitrogen functional groups attached to an aromatic ring is 1. The van der Waals surface area contributed by atoms with Crippen LogP contribution in [0.5, 0.6) is 11.5 Å². The van der Waals surface area contributed by atoms with Gasteiger partial charge in [-0.2, -0.15) is 0 Å². The first-order valence-electron chi connectivity index (χ1n) is 12.6. The highest BCUT2D eigenvalue weighted by molar-refractivity contribution is 5.98. The summed E-state index contributed by atoms with van der Waals surface area (Å²) in [5.74, 6) is -1.30. The molecule has 40 heavy (non-hydrogen) atoms. The van der Waals surface area contributed by atoms with Crippen molar-refractivity contribution >= 4 is 28.7 Å². The fourth-order valence-electron chi connectivity index (χ4n) is 4.23. The van der Waals surface area contributed by atoms with Crippen molar-refractivity contribution in [3.05, 3.63) is 65.2 Å². The summed E-state index contributed by atoms with van der Waals surface area (Å²) < 4.78 is 0. The SMILES string of the molecule is CC[C@H](O)C(=O)NCc1ccc(O)c(-c2cc(C(C)(C)C(N)=O)cc(-c3nc4ccc(C(=N)N)cc4[nH]3)c2O)c1. The lowest BCUT2D eigenvalue weighted by Gasteiger charge is -2.24. The number of carbonyl (C=O) groups excluding carboxylic acids is 2. The van der Waals surface area contributed by atoms with Crippen LogP contribution in [-0.4, -0.2) is 49.0 Å². The van der Waals surface area contributed by atoms with Crippen LogP contribution in [0.4, 0.5) is 0 Å². The summed E-state index contributed by atoms with van der Waals surface area (Å²) in [5.41, 5.74) is 13.6. The summed E-state index contributed by atoms with van der Waals surface area (Å²) in [6, 6.07) is 12.9. The Morgan fingerprint density at radius 1 is 1.05 bits per heavy atom. The Labute approximate surface area is 230 Å². The van der Waals surface area contributed by atoms with Gasteiger partial charge in [0, 0.05) is 23.2 Å². The van der Waals surface area contributed by atoms with Crippen LogP contribution in [0.15, 0.2) is 48.5 Å². The van der Waals surface area contributed by atoms with Gasteiger partial charge in [0.2, 0.25) is 11.8 Å². The number of hydrogen-bond donors (Lipinski definition) is 8. The average molecular weight is 545 g/mol. The van der Waals surface area contributed by atoms with Gasteiger partial charge in [0.25, 0.3) is 0 Å². The molecule has 11 nitrogen and oxygen atoms in total. The number of amides is 2. The number of amidine groups is 1. The molecule has 4 rings (SSSR count). The number of phenolic OH excluding ortho intramolecular Hbond substituents is 2. The molecule has 4 aromatic rings. The first-order valence-corrected chi connectivity index (χ1v) is 12.6. The number of fused-ring (bicyclic) bond motifs is 1. The minimum Gasteiger partial charge on any atom is -0.507 e. The van der Waals surface area contributed by atoms with Gasteiger partial charge in [-0.25, -0.2) is 4.98 Å². The number of aromatic amines is 1. The quantitative estimate of drug-likeness (QED) is 0.116. The lowest BCUT2D eigenvalue weighted by molar-refractivity contribution is -0.129. The molecule has 0 aliphatic heterocycles. The molecule has 0 fully saturated rings. The van der Waals surface area contributed by atoms with E-state index in [1.807, 2.05) is 0 Å². The number of aromatic nitrogens is 2. The lowest BCUT2D eigenvalue weighted by atomic mass is 9.81. The zero-order valence-electron chi connectivity index (χ0n) is 22.4. The molecular weight excluding hydrogens is 512 g/mol. The number of hydrogen-bond acceptors (Lipinski definition) is 7. The van der Waals surface area contributed by atoms with Crippen molar-refractivity contribution in [1.82, 2.24) is 15.3 Å². The fraction of sp³-hybridized carbons (Fsp3) is 0.241. The van der Waals surface area contributed by atoms with Gasteiger partial charge < -0.3 is 37.1 Å². The van der Waals surface area contributed by atoms with Crippen LogP contribution < -0.4 is 16.8 Å². The van der Waals surface area contributed by atoms with Gasteiger partial charge in [0.1, 0.15) is 29.3 Å². The van der Waals surface area contributed by atoms with Crippen molar-refractivity contribution in [2.24, 2.45) is 11.5 Å². The predicted molar refractivity (Wildman–Crippen MR) is 152 cm³/mol. The monoisotopic (exact) mass is 544 g/mol. The summed E-state index contributed by atoms with van der Waals surface area (Å²) in [7, 11) is 0. The summed E-state index contributed by atoms with van der Waals surface area (Å²) in [6.45, 7) is 5.06. The number of rotatable bonds is 9. The Morgan fingerprint density at radius 3 is 2.40 bits per heavy atom. The van der Waals surface area contributed by atoms with E-state index in [9.17, 15) is 24.9 Å². The molecule has 1 atom stereocenters. The van der Waals surface area contributed by atoms with Crippen LogP contribution in [0.3, 0.4) is 0 Å². The number of aliphatic hydroxyl groups excluding tert-OH is 1. The number of H-pyrrole nitrogens is 1. The molecule has 0 aliphatic rings. The predicted octanol–water partition coefficient (Wildman–Crippen LogP) is 2.74. The number of nitrogens with two attached hydrogens (primary N) is 2. The summed E-state index contributed by atoms with van der Waals surface area (Å²) in [6.07, 6.45) is -0.866. The minimum absolute atomic E-state index is 0.0747. The van der Waals surface area contributed by atoms with Crippen molar-refractivity contribution in [3.63, 3.8) is 0 Å². The molecule has 0 saturated carbocycles. The maximum absolute atomic E-state index is 12.4. The van der Waals surface area contributed by atoms with Gasteiger partial charge in [-0.05, 0) is 73.9 Å². The van der Waals surface area contributed by atoms with Crippen molar-refractivity contribution in [1.29, 1.82) is 5.41 Å². The molecule has 2 amide bonds. The van der Waals surface area contributed by atoms with Gasteiger partial charge in [0.15, 0.2) is 0 Å². The standard InChI is InChI=1S/C29H32N6O5/c1-4-22(36)27(39)33-13-14-5-8-23(37)17(9-14)18-11-16(29(2,3)28(32)40)12-19(24(18)38)26-34-20-7-6-15(25(30)31)10-21(20)35-26/h5-12,22,36-38H,4,13H2,1-3H3,(H3,30,31)(H2,32,40)(H,33,39)(H,34,35)/t22-/m0/s1. The molecule has 10 N–H and O–H groups in total. The van der Waals surface area contributed by atoms with Crippen molar-refractivity contribution < 1.29 is 24.9 Å². The molecule has 1 heterocycles. The van der Waals surface area contributed by atoms with Gasteiger partial charge in [-0.1, -0.05) is 13.0 Å². The summed E-state index contributed by atoms with van der Waals surface area (Å²) in [5, 5.41) is 42.4. The smallest absolute Gasteiger partial charge is 0.249 e. The van der Waals surface area contributed by atoms with E-state index in [0.717, 1.165) is 0 Å². The second kappa shape index (κ2) is 10.7. The summed E-state index contributed by atoms with van der Waals surface area (Å²) in [4.78, 5) is 32.2. The number of phenols is 2. The zero-order chi connectivity index (χ0) is 29.4. The third-order valence-corrected chi connectivity index (χ3v) is 7.00. The number of benzene rings is 3. The number of nitrogens with zero attached hydrogens (tertiary/aromatic N) is 1. The number of carbonyl (C=O) groups is 2. The Morgan fingerprint density at radius 2 is 1.75 bits per heavy atom. The van der Waals surface area contributed by atoms with E-state index in [0.29, 0.717) is 27.7 Å². The molecule has 3 aromatic carbocycles. The van der Waals surface area contributed by atoms with E-state index in [1.165, 1.54) is 6.07 Å². The van der Waals surface area contributed by atoms with E-state index < -0.39 is 23.3 Å². The van der Waals surface area contributed by atoms with Crippen LogP contribution in [0.1, 0.15) is 43.9 Å². The number of aliphatic hydroxyl groups is 1. The van der Waals surface area contributed by atoms with Crippen LogP contribution in [0, 0.1) is 5.41 Å². The van der Waals surface area contributed by atoms with E-state index in [1.54, 1.807) is 63.2 Å². The first-order chi connectivity index (χ1) is 18.8. The largest absolute Gasteiger partial charge is 0.507 e. The fourth-order valence-corrected chi connectivity index (χ4v) is 4.23. The van der Waals surface area contributed by atoms with E-state index in [-0.39, 0.29) is 52.8 Å². The van der Waals surface area contributed by atoms with Crippen molar-refractivity contribution in [2.45, 2.75) is 45.3 Å². The number of imidazole rings is 1. The highest BCUT2D eigenvalue weighted by Gasteiger charge is 2.30. The van der Waals surface area contributed by atoms with Gasteiger partial charge in [-0.15, -0.1) is 0 Å². The van der Waals surface area contributed by atoms with Crippen LogP contribution >= 0.6 is 0 Å². The number of nitrogens with one attached hydrogen (secondary N) is 3. The van der Waals surface area contributed by atoms with Crippen molar-refractivity contribution in [3.8, 4) is 34.0 Å². The first kappa shape index (κ1) is 28.1. The van der Waals surface area contributed by atoms with E-state index in [4.69, 9.17) is 16.9 Å². The van der Waals surface area contributed by atoms with Gasteiger partial charge in [-0.3, -0.25) is 15.0 Å². The third kappa shape index (κ3) is 5.32. The molecule has 208 valence electrons. The molecule has 0 radical (unpaired) electrons. The lowest BCUT2D eigenvalue weighted by Crippen LogP contribution is -2.35. The maximum atomic E-state index is 12.4. The van der Waals surface area contributed by atoms with Crippen LogP contribution in [-0.2, 0) is 21.5 Å². The highest BCUT2D eigenvalue weighted by Crippen LogP contribution is 2.44. The molecule has 0 spiro atoms. The molecule has 0 bridgehead atoms. The minimum atomic E-state index is -1.15. The second-order valence-corrected chi connectivity index (χ2v) is 10.1. The Balaban J connectivity index is 1.88. The van der Waals surface area contributed by atoms with Crippen molar-refractivity contribution in [2.75, 3.05) is 0 Å². The zero-order valence-corrected chi connectivity index (χ0v) is 22.4. The summed E-state index contributed by atoms with van der Waals surface area (Å²) >= 11 is 0. The average Bonchev–Trinajstić information content (AvgIpc) is 3.35. The number of primary amides is 1. The van der Waals surface area contributed by atoms with Gasteiger partial charge in [0.05, 0.1) is 22.0 Å². The molecule has 0 unspecified atom stereocenters. The third-order valence-electron chi connectivity index (χ3n) is 7.00. The molecular formula is C29H32N6O5. The second-order valence-electron chi connectivity index (χ2n) is 10.1. The van der Waals surface area contributed by atoms with Crippen LogP contribution in [0.2, 0.25) is 0 Å². The molecule has 11 heteroatoms. The topological polar surface area (TPSA) is 211 Å². The number of aromatic hydroxyl groups is 2. The Bertz CT molecular complexity index is 1640. The molecule has 1 aromatic heterocycles. The van der Waals surface area contributed by atoms with E-state index in [2.05, 4.69) is 15.3 Å². The maximum Gasteiger partial charge on any atom is 0.249 e. The van der Waals surface area contributed by atoms with Crippen LogP contribution in [0.25, 0.3) is 33.5 Å². The van der Waals surface area contributed by atoms with Gasteiger partial charge >= 0.3 is 0 Å². The van der Waals surface area contributed by atoms with E-state index >= 15 is 0 Å². The normalized spacial score (nSPS) is 12.3. The highest BCUT2D eigenvalue weighted by atomic mass is 16.3.